The van der Waals surface area contributed by atoms with E-state index in [4.69, 9.17) is 4.74 Å². The molecule has 1 saturated heterocycles. The summed E-state index contributed by atoms with van der Waals surface area (Å²) in [6.45, 7) is 2.17. The summed E-state index contributed by atoms with van der Waals surface area (Å²) in [6, 6.07) is 0. The Labute approximate surface area is 141 Å². The van der Waals surface area contributed by atoms with E-state index in [9.17, 15) is 22.8 Å². The van der Waals surface area contributed by atoms with Crippen LogP contribution < -0.4 is 0 Å². The lowest BCUT2D eigenvalue weighted by molar-refractivity contribution is -0.163. The van der Waals surface area contributed by atoms with E-state index in [1.54, 1.807) is 0 Å². The van der Waals surface area contributed by atoms with Crippen molar-refractivity contribution in [2.24, 2.45) is 17.8 Å². The van der Waals surface area contributed by atoms with Gasteiger partial charge in [-0.3, -0.25) is 14.4 Å². The van der Waals surface area contributed by atoms with E-state index in [-0.39, 0.29) is 23.9 Å². The van der Waals surface area contributed by atoms with Gasteiger partial charge in [-0.2, -0.15) is 8.42 Å². The number of fused-ring (bicyclic) bond motifs is 2. The smallest absolute Gasteiger partial charge is 0.302 e. The number of carbonyl (C=O) groups is 3. The fourth-order valence-electron chi connectivity index (χ4n) is 3.58. The maximum absolute atomic E-state index is 10.8. The molecule has 0 radical (unpaired) electrons. The Morgan fingerprint density at radius 1 is 1.17 bits per heavy atom. The highest BCUT2D eigenvalue weighted by Gasteiger charge is 2.39. The SMILES string of the molecule is CC(=O)OCC1CC2CCC1C2.CS(=O)(=O)ON1C(=O)CCC1=O. The molecule has 136 valence electrons. The first-order valence-corrected chi connectivity index (χ1v) is 9.86. The highest BCUT2D eigenvalue weighted by Crippen LogP contribution is 2.48. The number of hydroxylamine groups is 2. The summed E-state index contributed by atoms with van der Waals surface area (Å²) in [5, 5.41) is 0.287. The van der Waals surface area contributed by atoms with E-state index < -0.39 is 21.9 Å². The van der Waals surface area contributed by atoms with E-state index >= 15 is 0 Å². The molecule has 3 atom stereocenters. The van der Waals surface area contributed by atoms with Crippen molar-refractivity contribution in [2.75, 3.05) is 12.9 Å². The molecule has 0 N–H and O–H groups in total. The highest BCUT2D eigenvalue weighted by molar-refractivity contribution is 7.85. The van der Waals surface area contributed by atoms with E-state index in [0.717, 1.165) is 18.1 Å². The molecular formula is C15H23NO7S. The van der Waals surface area contributed by atoms with Crippen LogP contribution in [-0.2, 0) is 33.5 Å². The third-order valence-corrected chi connectivity index (χ3v) is 5.02. The lowest BCUT2D eigenvalue weighted by Gasteiger charge is -2.20. The van der Waals surface area contributed by atoms with Gasteiger partial charge in [0.2, 0.25) is 0 Å². The molecule has 0 aromatic heterocycles. The van der Waals surface area contributed by atoms with Crippen LogP contribution in [0, 0.1) is 17.8 Å². The summed E-state index contributed by atoms with van der Waals surface area (Å²) in [5.74, 6) is 1.14. The first-order chi connectivity index (χ1) is 11.2. The molecule has 0 spiro atoms. The predicted octanol–water partition coefficient (Wildman–Crippen LogP) is 1.01. The maximum atomic E-state index is 10.8. The molecule has 8 nitrogen and oxygen atoms in total. The molecule has 0 aromatic rings. The van der Waals surface area contributed by atoms with Crippen molar-refractivity contribution < 1.29 is 31.8 Å². The first kappa shape index (κ1) is 18.9. The van der Waals surface area contributed by atoms with Crippen molar-refractivity contribution >= 4 is 27.9 Å². The van der Waals surface area contributed by atoms with Crippen molar-refractivity contribution in [3.63, 3.8) is 0 Å². The average molecular weight is 361 g/mol. The van der Waals surface area contributed by atoms with Gasteiger partial charge >= 0.3 is 5.97 Å². The van der Waals surface area contributed by atoms with E-state index in [2.05, 4.69) is 4.28 Å². The zero-order valence-electron chi connectivity index (χ0n) is 13.9. The molecule has 2 bridgehead atoms. The molecule has 2 amide bonds. The molecule has 3 rings (SSSR count). The summed E-state index contributed by atoms with van der Waals surface area (Å²) in [4.78, 5) is 32.1. The molecule has 3 unspecified atom stereocenters. The van der Waals surface area contributed by atoms with Gasteiger partial charge in [0.25, 0.3) is 21.9 Å². The fraction of sp³-hybridized carbons (Fsp3) is 0.800. The Hall–Kier alpha value is -1.48. The largest absolute Gasteiger partial charge is 0.466 e. The molecule has 2 aliphatic carbocycles. The van der Waals surface area contributed by atoms with Crippen LogP contribution in [0.5, 0.6) is 0 Å². The summed E-state index contributed by atoms with van der Waals surface area (Å²) in [7, 11) is -3.79. The average Bonchev–Trinajstić information content (AvgIpc) is 3.16. The number of hydrogen-bond acceptors (Lipinski definition) is 7. The van der Waals surface area contributed by atoms with E-state index in [1.165, 1.54) is 32.6 Å². The second kappa shape index (κ2) is 7.60. The minimum absolute atomic E-state index is 0.00829. The normalized spacial score (nSPS) is 28.8. The van der Waals surface area contributed by atoms with Crippen LogP contribution in [0.3, 0.4) is 0 Å². The van der Waals surface area contributed by atoms with Crippen LogP contribution >= 0.6 is 0 Å². The lowest BCUT2D eigenvalue weighted by Crippen LogP contribution is -2.31. The van der Waals surface area contributed by atoms with Gasteiger partial charge in [0.1, 0.15) is 0 Å². The van der Waals surface area contributed by atoms with E-state index in [1.807, 2.05) is 0 Å². The number of hydrogen-bond donors (Lipinski definition) is 0. The summed E-state index contributed by atoms with van der Waals surface area (Å²) < 4.78 is 30.2. The maximum Gasteiger partial charge on any atom is 0.302 e. The van der Waals surface area contributed by atoms with Gasteiger partial charge in [0.15, 0.2) is 0 Å². The fourth-order valence-corrected chi connectivity index (χ4v) is 4.02. The zero-order valence-corrected chi connectivity index (χ0v) is 14.7. The molecule has 1 aliphatic heterocycles. The van der Waals surface area contributed by atoms with Crippen molar-refractivity contribution in [3.8, 4) is 0 Å². The van der Waals surface area contributed by atoms with Gasteiger partial charge < -0.3 is 4.74 Å². The van der Waals surface area contributed by atoms with Crippen LogP contribution in [0.4, 0.5) is 0 Å². The lowest BCUT2D eigenvalue weighted by atomic mass is 9.90. The molecular weight excluding hydrogens is 338 g/mol. The van der Waals surface area contributed by atoms with Crippen molar-refractivity contribution in [1.29, 1.82) is 0 Å². The van der Waals surface area contributed by atoms with Crippen molar-refractivity contribution in [3.05, 3.63) is 0 Å². The molecule has 0 aromatic carbocycles. The molecule has 2 saturated carbocycles. The number of imide groups is 1. The summed E-state index contributed by atoms with van der Waals surface area (Å²) >= 11 is 0. The highest BCUT2D eigenvalue weighted by atomic mass is 32.2. The van der Waals surface area contributed by atoms with Gasteiger partial charge in [0, 0.05) is 19.8 Å². The number of esters is 1. The van der Waals surface area contributed by atoms with Crippen LogP contribution in [0.15, 0.2) is 0 Å². The molecule has 24 heavy (non-hydrogen) atoms. The van der Waals surface area contributed by atoms with Gasteiger partial charge in [-0.25, -0.2) is 0 Å². The van der Waals surface area contributed by atoms with Gasteiger partial charge in [-0.05, 0) is 37.0 Å². The number of ether oxygens (including phenoxy) is 1. The van der Waals surface area contributed by atoms with Crippen molar-refractivity contribution in [1.82, 2.24) is 5.06 Å². The Morgan fingerprint density at radius 3 is 2.21 bits per heavy atom. The van der Waals surface area contributed by atoms with Crippen molar-refractivity contribution in [2.45, 2.75) is 45.4 Å². The monoisotopic (exact) mass is 361 g/mol. The second-order valence-electron chi connectivity index (χ2n) is 6.60. The van der Waals surface area contributed by atoms with Crippen LogP contribution in [0.25, 0.3) is 0 Å². The Morgan fingerprint density at radius 2 is 1.79 bits per heavy atom. The standard InChI is InChI=1S/C10H16O2.C5H7NO5S/c1-7(11)12-6-10-5-8-2-3-9(10)4-8;1-12(9,10)11-6-4(7)2-3-5(6)8/h8-10H,2-6H2,1H3;2-3H2,1H3. The van der Waals surface area contributed by atoms with Gasteiger partial charge in [-0.15, -0.1) is 9.35 Å². The quantitative estimate of drug-likeness (QED) is 0.543. The predicted molar refractivity (Wildman–Crippen MR) is 82.6 cm³/mol. The topological polar surface area (TPSA) is 107 Å². The Kier molecular flexibility index (Phi) is 5.97. The van der Waals surface area contributed by atoms with Gasteiger partial charge in [-0.1, -0.05) is 6.42 Å². The van der Waals surface area contributed by atoms with Crippen LogP contribution in [0.2, 0.25) is 0 Å². The third-order valence-electron chi connectivity index (χ3n) is 4.60. The number of carbonyl (C=O) groups excluding carboxylic acids is 3. The zero-order chi connectivity index (χ0) is 17.9. The minimum Gasteiger partial charge on any atom is -0.466 e. The Bertz CT molecular complexity index is 599. The third kappa shape index (κ3) is 5.27. The Balaban J connectivity index is 0.000000174. The molecule has 3 aliphatic rings. The number of amides is 2. The van der Waals surface area contributed by atoms with E-state index in [0.29, 0.717) is 12.5 Å². The summed E-state index contributed by atoms with van der Waals surface area (Å²) in [6.07, 6.45) is 6.27. The summed E-state index contributed by atoms with van der Waals surface area (Å²) in [5.41, 5.74) is 0. The van der Waals surface area contributed by atoms with Gasteiger partial charge in [0.05, 0.1) is 12.9 Å². The molecule has 1 heterocycles. The molecule has 9 heteroatoms. The first-order valence-electron chi connectivity index (χ1n) is 8.04. The minimum atomic E-state index is -3.79. The van der Waals surface area contributed by atoms with Crippen LogP contribution in [0.1, 0.15) is 45.4 Å². The number of nitrogens with zero attached hydrogens (tertiary/aromatic N) is 1. The second-order valence-corrected chi connectivity index (χ2v) is 8.16. The number of rotatable bonds is 4. The van der Waals surface area contributed by atoms with Crippen LogP contribution in [-0.4, -0.2) is 44.1 Å². The molecule has 3 fully saturated rings.